The molecule has 0 aliphatic rings. The van der Waals surface area contributed by atoms with Gasteiger partial charge in [-0.05, 0) is 43.3 Å². The SMILES string of the molecule is CCNc1nc(Nc2ccc(Cl)cc2)cc(-c2ccccn2)n1. The van der Waals surface area contributed by atoms with Gasteiger partial charge in [0.2, 0.25) is 5.95 Å². The van der Waals surface area contributed by atoms with Crippen LogP contribution < -0.4 is 10.6 Å². The minimum absolute atomic E-state index is 0.562. The maximum Gasteiger partial charge on any atom is 0.225 e. The summed E-state index contributed by atoms with van der Waals surface area (Å²) in [6.45, 7) is 2.75. The highest BCUT2D eigenvalue weighted by atomic mass is 35.5. The Morgan fingerprint density at radius 3 is 2.52 bits per heavy atom. The monoisotopic (exact) mass is 325 g/mol. The number of aromatic nitrogens is 3. The van der Waals surface area contributed by atoms with Gasteiger partial charge < -0.3 is 10.6 Å². The van der Waals surface area contributed by atoms with E-state index < -0.39 is 0 Å². The van der Waals surface area contributed by atoms with Crippen LogP contribution in [0.15, 0.2) is 54.7 Å². The van der Waals surface area contributed by atoms with E-state index in [2.05, 4.69) is 25.6 Å². The highest BCUT2D eigenvalue weighted by Gasteiger charge is 2.07. The first kappa shape index (κ1) is 15.2. The maximum absolute atomic E-state index is 5.91. The molecule has 0 aliphatic heterocycles. The normalized spacial score (nSPS) is 10.3. The molecule has 3 aromatic rings. The number of rotatable bonds is 5. The van der Waals surface area contributed by atoms with Gasteiger partial charge in [-0.1, -0.05) is 17.7 Å². The molecule has 23 heavy (non-hydrogen) atoms. The maximum atomic E-state index is 5.91. The number of hydrogen-bond donors (Lipinski definition) is 2. The summed E-state index contributed by atoms with van der Waals surface area (Å²) in [7, 11) is 0. The summed E-state index contributed by atoms with van der Waals surface area (Å²) in [5.74, 6) is 1.26. The Kier molecular flexibility index (Phi) is 4.68. The second kappa shape index (κ2) is 7.07. The standard InChI is InChI=1S/C17H16ClN5/c1-2-19-17-22-15(14-5-3-4-10-20-14)11-16(23-17)21-13-8-6-12(18)7-9-13/h3-11H,2H2,1H3,(H2,19,21,22,23). The summed E-state index contributed by atoms with van der Waals surface area (Å²) >= 11 is 5.91. The van der Waals surface area contributed by atoms with E-state index in [-0.39, 0.29) is 0 Å². The first-order valence-corrected chi connectivity index (χ1v) is 7.69. The van der Waals surface area contributed by atoms with Gasteiger partial charge in [-0.25, -0.2) is 4.98 Å². The fourth-order valence-electron chi connectivity index (χ4n) is 2.08. The van der Waals surface area contributed by atoms with Crippen molar-refractivity contribution in [1.29, 1.82) is 0 Å². The van der Waals surface area contributed by atoms with Crippen LogP contribution in [0.5, 0.6) is 0 Å². The molecule has 1 aromatic carbocycles. The van der Waals surface area contributed by atoms with Gasteiger partial charge in [-0.15, -0.1) is 0 Å². The molecule has 0 bridgehead atoms. The van der Waals surface area contributed by atoms with E-state index in [1.165, 1.54) is 0 Å². The van der Waals surface area contributed by atoms with Crippen molar-refractivity contribution in [3.05, 3.63) is 59.8 Å². The number of anilines is 3. The highest BCUT2D eigenvalue weighted by molar-refractivity contribution is 6.30. The van der Waals surface area contributed by atoms with Crippen LogP contribution in [0.25, 0.3) is 11.4 Å². The predicted octanol–water partition coefficient (Wildman–Crippen LogP) is 4.37. The van der Waals surface area contributed by atoms with Crippen molar-refractivity contribution < 1.29 is 0 Å². The van der Waals surface area contributed by atoms with Gasteiger partial charge in [0, 0.05) is 29.5 Å². The Hall–Kier alpha value is -2.66. The van der Waals surface area contributed by atoms with Gasteiger partial charge in [-0.3, -0.25) is 4.98 Å². The minimum Gasteiger partial charge on any atom is -0.354 e. The van der Waals surface area contributed by atoms with Crippen molar-refractivity contribution in [3.63, 3.8) is 0 Å². The largest absolute Gasteiger partial charge is 0.354 e. The lowest BCUT2D eigenvalue weighted by atomic mass is 10.2. The van der Waals surface area contributed by atoms with Crippen LogP contribution in [0.1, 0.15) is 6.92 Å². The zero-order chi connectivity index (χ0) is 16.1. The van der Waals surface area contributed by atoms with Crippen molar-refractivity contribution in [2.45, 2.75) is 6.92 Å². The fourth-order valence-corrected chi connectivity index (χ4v) is 2.20. The molecule has 0 atom stereocenters. The fraction of sp³-hybridized carbons (Fsp3) is 0.118. The average molecular weight is 326 g/mol. The zero-order valence-electron chi connectivity index (χ0n) is 12.6. The lowest BCUT2D eigenvalue weighted by Gasteiger charge is -2.10. The van der Waals surface area contributed by atoms with Crippen LogP contribution in [0.2, 0.25) is 5.02 Å². The number of nitrogens with zero attached hydrogens (tertiary/aromatic N) is 3. The topological polar surface area (TPSA) is 62.7 Å². The Balaban J connectivity index is 1.95. The first-order chi connectivity index (χ1) is 11.2. The molecule has 2 N–H and O–H groups in total. The summed E-state index contributed by atoms with van der Waals surface area (Å²) in [6, 6.07) is 15.1. The molecule has 6 heteroatoms. The van der Waals surface area contributed by atoms with Crippen LogP contribution in [0, 0.1) is 0 Å². The number of benzene rings is 1. The average Bonchev–Trinajstić information content (AvgIpc) is 2.58. The number of halogens is 1. The van der Waals surface area contributed by atoms with E-state index in [1.807, 2.05) is 55.5 Å². The summed E-state index contributed by atoms with van der Waals surface area (Å²) in [5.41, 5.74) is 2.46. The number of pyridine rings is 1. The summed E-state index contributed by atoms with van der Waals surface area (Å²) in [5, 5.41) is 7.10. The van der Waals surface area contributed by atoms with Gasteiger partial charge in [0.15, 0.2) is 0 Å². The Labute approximate surface area is 139 Å². The molecule has 2 aromatic heterocycles. The van der Waals surface area contributed by atoms with Crippen LogP contribution in [-0.2, 0) is 0 Å². The van der Waals surface area contributed by atoms with Crippen molar-refractivity contribution in [2.75, 3.05) is 17.2 Å². The molecule has 0 fully saturated rings. The number of nitrogens with one attached hydrogen (secondary N) is 2. The Morgan fingerprint density at radius 1 is 1.00 bits per heavy atom. The molecule has 116 valence electrons. The molecule has 0 radical (unpaired) electrons. The molecule has 0 aliphatic carbocycles. The van der Waals surface area contributed by atoms with Crippen molar-refractivity contribution in [3.8, 4) is 11.4 Å². The second-order valence-electron chi connectivity index (χ2n) is 4.84. The lowest BCUT2D eigenvalue weighted by molar-refractivity contribution is 1.08. The molecular weight excluding hydrogens is 310 g/mol. The van der Waals surface area contributed by atoms with Crippen LogP contribution in [0.4, 0.5) is 17.5 Å². The zero-order valence-corrected chi connectivity index (χ0v) is 13.4. The molecule has 5 nitrogen and oxygen atoms in total. The third kappa shape index (κ3) is 3.96. The highest BCUT2D eigenvalue weighted by Crippen LogP contribution is 2.23. The lowest BCUT2D eigenvalue weighted by Crippen LogP contribution is -2.05. The van der Waals surface area contributed by atoms with E-state index in [0.29, 0.717) is 16.8 Å². The molecule has 0 amide bonds. The van der Waals surface area contributed by atoms with Gasteiger partial charge in [-0.2, -0.15) is 4.98 Å². The second-order valence-corrected chi connectivity index (χ2v) is 5.28. The molecule has 0 saturated heterocycles. The smallest absolute Gasteiger partial charge is 0.225 e. The third-order valence-corrected chi connectivity index (χ3v) is 3.36. The quantitative estimate of drug-likeness (QED) is 0.729. The van der Waals surface area contributed by atoms with Gasteiger partial charge in [0.05, 0.1) is 11.4 Å². The molecule has 0 saturated carbocycles. The minimum atomic E-state index is 0.562. The summed E-state index contributed by atoms with van der Waals surface area (Å²) in [4.78, 5) is 13.3. The Morgan fingerprint density at radius 2 is 1.83 bits per heavy atom. The van der Waals surface area contributed by atoms with Crippen LogP contribution in [0.3, 0.4) is 0 Å². The molecular formula is C17H16ClN5. The van der Waals surface area contributed by atoms with Crippen LogP contribution in [-0.4, -0.2) is 21.5 Å². The molecule has 3 rings (SSSR count). The van der Waals surface area contributed by atoms with Crippen molar-refractivity contribution in [1.82, 2.24) is 15.0 Å². The van der Waals surface area contributed by atoms with E-state index >= 15 is 0 Å². The third-order valence-electron chi connectivity index (χ3n) is 3.10. The van der Waals surface area contributed by atoms with E-state index in [1.54, 1.807) is 6.20 Å². The van der Waals surface area contributed by atoms with Gasteiger partial charge in [0.1, 0.15) is 5.82 Å². The molecule has 2 heterocycles. The van der Waals surface area contributed by atoms with Crippen molar-refractivity contribution >= 4 is 29.1 Å². The van der Waals surface area contributed by atoms with Gasteiger partial charge in [0.25, 0.3) is 0 Å². The van der Waals surface area contributed by atoms with E-state index in [0.717, 1.165) is 23.6 Å². The Bertz CT molecular complexity index is 775. The molecule has 0 unspecified atom stereocenters. The number of hydrogen-bond acceptors (Lipinski definition) is 5. The van der Waals surface area contributed by atoms with Gasteiger partial charge >= 0.3 is 0 Å². The predicted molar refractivity (Wildman–Crippen MR) is 94.2 cm³/mol. The van der Waals surface area contributed by atoms with Crippen LogP contribution >= 0.6 is 11.6 Å². The summed E-state index contributed by atoms with van der Waals surface area (Å²) < 4.78 is 0. The molecule has 0 spiro atoms. The first-order valence-electron chi connectivity index (χ1n) is 7.31. The summed E-state index contributed by atoms with van der Waals surface area (Å²) in [6.07, 6.45) is 1.75. The van der Waals surface area contributed by atoms with E-state index in [4.69, 9.17) is 11.6 Å². The van der Waals surface area contributed by atoms with E-state index in [9.17, 15) is 0 Å². The van der Waals surface area contributed by atoms with Crippen molar-refractivity contribution in [2.24, 2.45) is 0 Å².